The second-order valence-electron chi connectivity index (χ2n) is 10.2. The molecule has 0 spiro atoms. The topological polar surface area (TPSA) is 108 Å². The highest BCUT2D eigenvalue weighted by Gasteiger charge is 2.30. The number of halogens is 1. The average molecular weight is 561 g/mol. The molecule has 1 heterocycles. The van der Waals surface area contributed by atoms with Gasteiger partial charge in [-0.25, -0.2) is 12.8 Å². The molecular weight excluding hydrogens is 527 g/mol. The highest BCUT2D eigenvalue weighted by molar-refractivity contribution is 7.91. The molecule has 10 heteroatoms. The molecule has 7 nitrogen and oxygen atoms in total. The number of hydrogen-bond donors (Lipinski definition) is 1. The van der Waals surface area contributed by atoms with Crippen LogP contribution in [0.2, 0.25) is 0 Å². The van der Waals surface area contributed by atoms with Crippen molar-refractivity contribution in [2.24, 2.45) is 7.05 Å². The van der Waals surface area contributed by atoms with E-state index in [0.29, 0.717) is 22.3 Å². The number of hydrogen-bond acceptors (Lipinski definition) is 6. The minimum atomic E-state index is -3.37. The molecule has 0 fully saturated rings. The summed E-state index contributed by atoms with van der Waals surface area (Å²) >= 11 is -1.45. The highest BCUT2D eigenvalue weighted by atomic mass is 32.2. The fraction of sp³-hybridized carbons (Fsp3) is 0.357. The summed E-state index contributed by atoms with van der Waals surface area (Å²) in [5.41, 5.74) is 2.15. The second-order valence-corrected chi connectivity index (χ2v) is 14.6. The largest absolute Gasteiger partial charge is 0.598 e. The Kier molecular flexibility index (Phi) is 9.03. The smallest absolute Gasteiger partial charge is 0.250 e. The Balaban J connectivity index is 2.26. The third-order valence-electron chi connectivity index (χ3n) is 6.12. The van der Waals surface area contributed by atoms with Gasteiger partial charge in [0.05, 0.1) is 11.8 Å². The molecule has 38 heavy (non-hydrogen) atoms. The standard InChI is InChI=1S/C28H33FN2O5S2/c1-7-38(35,36)17-19-8-13-22(27(33)20-9-11-21(29)12-10-20)24(14-19)25-16-31(6)26(32)15-23(25)18(2)30-37(34)28(3,4)5/h8-16,18,30H,7,17H2,1-6H3/t18-,37-/m0/s1. The number of nitrogens with zero attached hydrogens (tertiary/aromatic N) is 1. The molecule has 1 N–H and O–H groups in total. The van der Waals surface area contributed by atoms with Crippen LogP contribution >= 0.6 is 0 Å². The van der Waals surface area contributed by atoms with E-state index in [1.54, 1.807) is 45.3 Å². The molecule has 0 aliphatic carbocycles. The number of carbonyl (C=O) groups is 1. The van der Waals surface area contributed by atoms with E-state index in [9.17, 15) is 27.0 Å². The number of aryl methyl sites for hydroxylation is 1. The Labute approximate surface area is 226 Å². The highest BCUT2D eigenvalue weighted by Crippen LogP contribution is 2.33. The number of sulfone groups is 1. The zero-order valence-corrected chi connectivity index (χ0v) is 24.0. The summed E-state index contributed by atoms with van der Waals surface area (Å²) in [5.74, 6) is -1.12. The van der Waals surface area contributed by atoms with Crippen LogP contribution in [0.1, 0.15) is 67.7 Å². The summed E-state index contributed by atoms with van der Waals surface area (Å²) in [6.07, 6.45) is 1.59. The van der Waals surface area contributed by atoms with Gasteiger partial charge in [-0.15, -0.1) is 4.72 Å². The molecule has 2 aromatic carbocycles. The van der Waals surface area contributed by atoms with Crippen LogP contribution in [0.25, 0.3) is 11.1 Å². The molecule has 3 rings (SSSR count). The Morgan fingerprint density at radius 3 is 2.32 bits per heavy atom. The van der Waals surface area contributed by atoms with Crippen molar-refractivity contribution >= 4 is 27.0 Å². The minimum absolute atomic E-state index is 0.0384. The van der Waals surface area contributed by atoms with Gasteiger partial charge in [-0.05, 0) is 74.7 Å². The predicted octanol–water partition coefficient (Wildman–Crippen LogP) is 4.47. The second kappa shape index (κ2) is 11.5. The molecule has 0 aliphatic rings. The molecule has 0 saturated heterocycles. The third kappa shape index (κ3) is 6.99. The van der Waals surface area contributed by atoms with E-state index in [1.807, 2.05) is 20.8 Å². The molecule has 0 amide bonds. The van der Waals surface area contributed by atoms with Gasteiger partial charge in [0.15, 0.2) is 15.6 Å². The Morgan fingerprint density at radius 2 is 1.74 bits per heavy atom. The summed E-state index contributed by atoms with van der Waals surface area (Å²) in [7, 11) is -1.79. The SMILES string of the molecule is CCS(=O)(=O)Cc1ccc(C(=O)c2ccc(F)cc2)c(-c2cn(C)c(=O)cc2[C@H](C)N[S@@+]([O-])C(C)(C)C)c1. The summed E-state index contributed by atoms with van der Waals surface area (Å²) in [4.78, 5) is 26.2. The molecule has 0 unspecified atom stereocenters. The average Bonchev–Trinajstić information content (AvgIpc) is 2.84. The lowest BCUT2D eigenvalue weighted by Gasteiger charge is -2.27. The van der Waals surface area contributed by atoms with Crippen molar-refractivity contribution in [1.29, 1.82) is 0 Å². The van der Waals surface area contributed by atoms with Gasteiger partial charge < -0.3 is 9.12 Å². The molecule has 0 radical (unpaired) electrons. The maximum atomic E-state index is 13.6. The van der Waals surface area contributed by atoms with E-state index < -0.39 is 37.8 Å². The van der Waals surface area contributed by atoms with E-state index in [1.165, 1.54) is 34.9 Å². The zero-order valence-electron chi connectivity index (χ0n) is 22.4. The normalized spacial score (nSPS) is 13.8. The Bertz CT molecular complexity index is 1490. The van der Waals surface area contributed by atoms with Gasteiger partial charge in [-0.2, -0.15) is 0 Å². The molecule has 2 atom stereocenters. The van der Waals surface area contributed by atoms with Gasteiger partial charge in [-0.1, -0.05) is 19.1 Å². The van der Waals surface area contributed by atoms with E-state index >= 15 is 0 Å². The lowest BCUT2D eigenvalue weighted by atomic mass is 9.89. The summed E-state index contributed by atoms with van der Waals surface area (Å²) in [5, 5.41) is 0. The first-order valence-electron chi connectivity index (χ1n) is 12.2. The minimum Gasteiger partial charge on any atom is -0.598 e. The van der Waals surface area contributed by atoms with Crippen LogP contribution in [0.4, 0.5) is 4.39 Å². The first kappa shape index (κ1) is 29.8. The van der Waals surface area contributed by atoms with Gasteiger partial charge in [0, 0.05) is 53.1 Å². The molecule has 204 valence electrons. The van der Waals surface area contributed by atoms with Crippen LogP contribution in [0, 0.1) is 5.82 Å². The maximum absolute atomic E-state index is 13.6. The van der Waals surface area contributed by atoms with Crippen molar-refractivity contribution in [1.82, 2.24) is 9.29 Å². The van der Waals surface area contributed by atoms with Gasteiger partial charge in [-0.3, -0.25) is 9.59 Å². The van der Waals surface area contributed by atoms with Crippen molar-refractivity contribution in [3.05, 3.63) is 93.2 Å². The van der Waals surface area contributed by atoms with Crippen molar-refractivity contribution in [3.63, 3.8) is 0 Å². The van der Waals surface area contributed by atoms with Crippen molar-refractivity contribution in [2.45, 2.75) is 51.2 Å². The fourth-order valence-corrected chi connectivity index (χ4v) is 5.54. The fourth-order valence-electron chi connectivity index (χ4n) is 3.84. The zero-order chi connectivity index (χ0) is 28.4. The van der Waals surface area contributed by atoms with Crippen LogP contribution in [-0.2, 0) is 34.0 Å². The predicted molar refractivity (Wildman–Crippen MR) is 150 cm³/mol. The summed E-state index contributed by atoms with van der Waals surface area (Å²) in [6.45, 7) is 8.81. The van der Waals surface area contributed by atoms with Crippen LogP contribution < -0.4 is 10.3 Å². The quantitative estimate of drug-likeness (QED) is 0.306. The number of pyridine rings is 1. The van der Waals surface area contributed by atoms with Gasteiger partial charge in [0.1, 0.15) is 10.6 Å². The first-order chi connectivity index (χ1) is 17.6. The lowest BCUT2D eigenvalue weighted by molar-refractivity contribution is 0.103. The van der Waals surface area contributed by atoms with Crippen molar-refractivity contribution in [2.75, 3.05) is 5.75 Å². The van der Waals surface area contributed by atoms with Gasteiger partial charge in [0.2, 0.25) is 0 Å². The number of nitrogens with one attached hydrogen (secondary N) is 1. The molecular formula is C28H33FN2O5S2. The number of benzene rings is 2. The molecule has 3 aromatic rings. The molecule has 1 aromatic heterocycles. The van der Waals surface area contributed by atoms with Gasteiger partial charge >= 0.3 is 0 Å². The van der Waals surface area contributed by atoms with Crippen LogP contribution in [-0.4, -0.2) is 33.8 Å². The Hall–Kier alpha value is -2.79. The van der Waals surface area contributed by atoms with E-state index in [-0.39, 0.29) is 34.0 Å². The number of ketones is 1. The maximum Gasteiger partial charge on any atom is 0.250 e. The molecule has 0 bridgehead atoms. The van der Waals surface area contributed by atoms with Crippen LogP contribution in [0.15, 0.2) is 59.5 Å². The van der Waals surface area contributed by atoms with Crippen molar-refractivity contribution < 1.29 is 22.2 Å². The lowest BCUT2D eigenvalue weighted by Crippen LogP contribution is -2.41. The number of aromatic nitrogens is 1. The van der Waals surface area contributed by atoms with E-state index in [0.717, 1.165) is 0 Å². The number of carbonyl (C=O) groups excluding carboxylic acids is 1. The van der Waals surface area contributed by atoms with Crippen LogP contribution in [0.5, 0.6) is 0 Å². The number of rotatable bonds is 9. The summed E-state index contributed by atoms with van der Waals surface area (Å²) < 4.78 is 55.0. The van der Waals surface area contributed by atoms with Gasteiger partial charge in [0.25, 0.3) is 5.56 Å². The Morgan fingerprint density at radius 1 is 1.11 bits per heavy atom. The van der Waals surface area contributed by atoms with E-state index in [2.05, 4.69) is 4.72 Å². The third-order valence-corrected chi connectivity index (χ3v) is 9.45. The van der Waals surface area contributed by atoms with Crippen molar-refractivity contribution in [3.8, 4) is 11.1 Å². The summed E-state index contributed by atoms with van der Waals surface area (Å²) in [6, 6.07) is 10.8. The molecule has 0 aliphatic heterocycles. The van der Waals surface area contributed by atoms with Crippen LogP contribution in [0.3, 0.4) is 0 Å². The monoisotopic (exact) mass is 560 g/mol. The first-order valence-corrected chi connectivity index (χ1v) is 15.1. The van der Waals surface area contributed by atoms with E-state index in [4.69, 9.17) is 0 Å². The molecule has 0 saturated carbocycles.